The van der Waals surface area contributed by atoms with E-state index >= 15 is 0 Å². The molecule has 0 aromatic carbocycles. The van der Waals surface area contributed by atoms with E-state index in [1.165, 1.54) is 0 Å². The molecule has 5 heteroatoms. The fraction of sp³-hybridized carbons (Fsp3) is 0.615. The zero-order valence-electron chi connectivity index (χ0n) is 11.1. The summed E-state index contributed by atoms with van der Waals surface area (Å²) in [5.74, 6) is 0.801. The van der Waals surface area contributed by atoms with Crippen LogP contribution in [0.2, 0.25) is 0 Å². The van der Waals surface area contributed by atoms with Gasteiger partial charge in [-0.25, -0.2) is 0 Å². The Balaban J connectivity index is 1.96. The molecule has 2 rings (SSSR count). The van der Waals surface area contributed by atoms with Crippen molar-refractivity contribution in [1.82, 2.24) is 10.3 Å². The number of rotatable bonds is 5. The number of aromatic nitrogens is 1. The van der Waals surface area contributed by atoms with Crippen LogP contribution in [0.1, 0.15) is 6.92 Å². The Labute approximate surface area is 108 Å². The molecule has 5 nitrogen and oxygen atoms in total. The average molecular weight is 251 g/mol. The molecule has 0 radical (unpaired) electrons. The third-order valence-corrected chi connectivity index (χ3v) is 3.07. The Morgan fingerprint density at radius 2 is 2.17 bits per heavy atom. The second kappa shape index (κ2) is 6.56. The Kier molecular flexibility index (Phi) is 4.78. The molecule has 0 amide bonds. The minimum atomic E-state index is 0.0906. The summed E-state index contributed by atoms with van der Waals surface area (Å²) in [6.07, 6.45) is 3.72. The predicted octanol–water partition coefficient (Wildman–Crippen LogP) is 0.905. The SMILES string of the molecule is COC(C)COc1cncc(N2CCNCC2)c1. The lowest BCUT2D eigenvalue weighted by Gasteiger charge is -2.29. The van der Waals surface area contributed by atoms with Crippen molar-refractivity contribution in [2.45, 2.75) is 13.0 Å². The highest BCUT2D eigenvalue weighted by atomic mass is 16.5. The van der Waals surface area contributed by atoms with E-state index in [1.807, 2.05) is 19.2 Å². The van der Waals surface area contributed by atoms with Crippen molar-refractivity contribution in [2.24, 2.45) is 0 Å². The first kappa shape index (κ1) is 13.1. The summed E-state index contributed by atoms with van der Waals surface area (Å²) in [6.45, 7) is 6.59. The van der Waals surface area contributed by atoms with Gasteiger partial charge < -0.3 is 19.7 Å². The number of ether oxygens (including phenoxy) is 2. The maximum Gasteiger partial charge on any atom is 0.139 e. The summed E-state index contributed by atoms with van der Waals surface area (Å²) >= 11 is 0. The molecule has 1 fully saturated rings. The largest absolute Gasteiger partial charge is 0.489 e. The Morgan fingerprint density at radius 3 is 2.89 bits per heavy atom. The van der Waals surface area contributed by atoms with Crippen LogP contribution in [0.5, 0.6) is 5.75 Å². The molecule has 0 spiro atoms. The van der Waals surface area contributed by atoms with Crippen LogP contribution < -0.4 is 15.0 Å². The van der Waals surface area contributed by atoms with E-state index in [4.69, 9.17) is 9.47 Å². The third kappa shape index (κ3) is 3.58. The highest BCUT2D eigenvalue weighted by molar-refractivity contribution is 5.48. The van der Waals surface area contributed by atoms with Crippen molar-refractivity contribution in [3.63, 3.8) is 0 Å². The molecule has 2 heterocycles. The third-order valence-electron chi connectivity index (χ3n) is 3.07. The van der Waals surface area contributed by atoms with Crippen molar-refractivity contribution in [2.75, 3.05) is 44.8 Å². The summed E-state index contributed by atoms with van der Waals surface area (Å²) in [7, 11) is 1.68. The quantitative estimate of drug-likeness (QED) is 0.842. The van der Waals surface area contributed by atoms with Gasteiger partial charge in [-0.1, -0.05) is 0 Å². The smallest absolute Gasteiger partial charge is 0.139 e. The molecule has 0 aliphatic carbocycles. The van der Waals surface area contributed by atoms with Crippen molar-refractivity contribution < 1.29 is 9.47 Å². The number of pyridine rings is 1. The van der Waals surface area contributed by atoms with Gasteiger partial charge in [0.05, 0.1) is 24.2 Å². The molecular formula is C13H21N3O2. The molecule has 1 atom stereocenters. The van der Waals surface area contributed by atoms with E-state index in [0.29, 0.717) is 6.61 Å². The topological polar surface area (TPSA) is 46.6 Å². The summed E-state index contributed by atoms with van der Waals surface area (Å²) in [5.41, 5.74) is 1.12. The number of methoxy groups -OCH3 is 1. The van der Waals surface area contributed by atoms with Crippen LogP contribution >= 0.6 is 0 Å². The van der Waals surface area contributed by atoms with Gasteiger partial charge in [-0.15, -0.1) is 0 Å². The van der Waals surface area contributed by atoms with Gasteiger partial charge in [-0.2, -0.15) is 0 Å². The first-order chi connectivity index (χ1) is 8.79. The maximum atomic E-state index is 5.66. The van der Waals surface area contributed by atoms with Gasteiger partial charge in [0.1, 0.15) is 12.4 Å². The number of anilines is 1. The predicted molar refractivity (Wildman–Crippen MR) is 71.3 cm³/mol. The maximum absolute atomic E-state index is 5.66. The first-order valence-corrected chi connectivity index (χ1v) is 6.36. The van der Waals surface area contributed by atoms with Crippen LogP contribution in [0.3, 0.4) is 0 Å². The van der Waals surface area contributed by atoms with E-state index in [9.17, 15) is 0 Å². The molecule has 1 aliphatic rings. The molecule has 1 N–H and O–H groups in total. The summed E-state index contributed by atoms with van der Waals surface area (Å²) in [6, 6.07) is 2.04. The number of hydrogen-bond acceptors (Lipinski definition) is 5. The lowest BCUT2D eigenvalue weighted by atomic mass is 10.3. The first-order valence-electron chi connectivity index (χ1n) is 6.36. The highest BCUT2D eigenvalue weighted by Gasteiger charge is 2.11. The molecule has 1 saturated heterocycles. The fourth-order valence-electron chi connectivity index (χ4n) is 1.86. The molecule has 18 heavy (non-hydrogen) atoms. The van der Waals surface area contributed by atoms with Gasteiger partial charge in [-0.3, -0.25) is 4.98 Å². The van der Waals surface area contributed by atoms with E-state index in [-0.39, 0.29) is 6.10 Å². The van der Waals surface area contributed by atoms with Gasteiger partial charge in [0.15, 0.2) is 0 Å². The van der Waals surface area contributed by atoms with Crippen molar-refractivity contribution in [3.8, 4) is 5.75 Å². The minimum absolute atomic E-state index is 0.0906. The van der Waals surface area contributed by atoms with Crippen LogP contribution in [0, 0.1) is 0 Å². The van der Waals surface area contributed by atoms with Crippen molar-refractivity contribution in [1.29, 1.82) is 0 Å². The van der Waals surface area contributed by atoms with Gasteiger partial charge in [-0.05, 0) is 6.92 Å². The zero-order chi connectivity index (χ0) is 12.8. The molecule has 1 aromatic heterocycles. The minimum Gasteiger partial charge on any atom is -0.489 e. The van der Waals surface area contributed by atoms with Gasteiger partial charge >= 0.3 is 0 Å². The molecule has 1 aromatic rings. The van der Waals surface area contributed by atoms with E-state index in [1.54, 1.807) is 13.3 Å². The summed E-state index contributed by atoms with van der Waals surface area (Å²) < 4.78 is 10.8. The van der Waals surface area contributed by atoms with Crippen LogP contribution in [0.15, 0.2) is 18.5 Å². The second-order valence-corrected chi connectivity index (χ2v) is 4.47. The van der Waals surface area contributed by atoms with Crippen LogP contribution in [0.4, 0.5) is 5.69 Å². The molecule has 0 bridgehead atoms. The normalized spacial score (nSPS) is 17.6. The molecular weight excluding hydrogens is 230 g/mol. The van der Waals surface area contributed by atoms with Gasteiger partial charge in [0.2, 0.25) is 0 Å². The van der Waals surface area contributed by atoms with E-state index in [2.05, 4.69) is 15.2 Å². The number of nitrogens with zero attached hydrogens (tertiary/aromatic N) is 2. The zero-order valence-corrected chi connectivity index (χ0v) is 11.1. The lowest BCUT2D eigenvalue weighted by Crippen LogP contribution is -2.43. The number of piperazine rings is 1. The highest BCUT2D eigenvalue weighted by Crippen LogP contribution is 2.20. The molecule has 0 saturated carbocycles. The van der Waals surface area contributed by atoms with Crippen LogP contribution in [-0.4, -0.2) is 51.0 Å². The van der Waals surface area contributed by atoms with E-state index < -0.39 is 0 Å². The van der Waals surface area contributed by atoms with Crippen LogP contribution in [0.25, 0.3) is 0 Å². The summed E-state index contributed by atoms with van der Waals surface area (Å²) in [5, 5.41) is 3.34. The Morgan fingerprint density at radius 1 is 1.39 bits per heavy atom. The standard InChI is InChI=1S/C13H21N3O2/c1-11(17-2)10-18-13-7-12(8-15-9-13)16-5-3-14-4-6-16/h7-9,11,14H,3-6,10H2,1-2H3. The summed E-state index contributed by atoms with van der Waals surface area (Å²) in [4.78, 5) is 6.55. The van der Waals surface area contributed by atoms with Gasteiger partial charge in [0, 0.05) is 39.4 Å². The number of nitrogens with one attached hydrogen (secondary N) is 1. The van der Waals surface area contributed by atoms with Crippen molar-refractivity contribution >= 4 is 5.69 Å². The molecule has 1 unspecified atom stereocenters. The number of hydrogen-bond donors (Lipinski definition) is 1. The average Bonchev–Trinajstić information content (AvgIpc) is 2.46. The Bertz CT molecular complexity index is 367. The fourth-order valence-corrected chi connectivity index (χ4v) is 1.86. The van der Waals surface area contributed by atoms with Gasteiger partial charge in [0.25, 0.3) is 0 Å². The van der Waals surface area contributed by atoms with Crippen LogP contribution in [-0.2, 0) is 4.74 Å². The monoisotopic (exact) mass is 251 g/mol. The van der Waals surface area contributed by atoms with E-state index in [0.717, 1.165) is 37.6 Å². The van der Waals surface area contributed by atoms with Crippen molar-refractivity contribution in [3.05, 3.63) is 18.5 Å². The molecule has 100 valence electrons. The second-order valence-electron chi connectivity index (χ2n) is 4.47. The molecule has 1 aliphatic heterocycles. The Hall–Kier alpha value is -1.33. The lowest BCUT2D eigenvalue weighted by molar-refractivity contribution is 0.0715.